The summed E-state index contributed by atoms with van der Waals surface area (Å²) in [6.45, 7) is 2.71. The summed E-state index contributed by atoms with van der Waals surface area (Å²) in [5, 5.41) is 1.49. The number of rotatable bonds is 4. The van der Waals surface area contributed by atoms with E-state index in [-0.39, 0.29) is 11.9 Å². The van der Waals surface area contributed by atoms with E-state index in [2.05, 4.69) is 41.3 Å². The third-order valence-electron chi connectivity index (χ3n) is 5.44. The van der Waals surface area contributed by atoms with Crippen molar-refractivity contribution in [1.82, 2.24) is 9.80 Å². The number of hydrogen-bond donors (Lipinski definition) is 0. The molecule has 4 rings (SSSR count). The average molecular weight is 460 g/mol. The molecule has 1 heterocycles. The van der Waals surface area contributed by atoms with Crippen LogP contribution in [0.1, 0.15) is 27.5 Å². The van der Waals surface area contributed by atoms with Gasteiger partial charge in [-0.05, 0) is 35.4 Å². The third-order valence-corrected chi connectivity index (χ3v) is 6.33. The van der Waals surface area contributed by atoms with Gasteiger partial charge in [0.05, 0.1) is 21.7 Å². The SMILES string of the molecule is O=C(c1c(Cl)cccc1Cl)N1CCN(C(c2ccccc2)c2ccc(Cl)cc2)CC1. The first-order valence-corrected chi connectivity index (χ1v) is 11.0. The van der Waals surface area contributed by atoms with Crippen molar-refractivity contribution in [2.45, 2.75) is 6.04 Å². The number of carbonyl (C=O) groups is 1. The molecule has 1 aliphatic rings. The molecular weight excluding hydrogens is 439 g/mol. The summed E-state index contributed by atoms with van der Waals surface area (Å²) < 4.78 is 0. The lowest BCUT2D eigenvalue weighted by Crippen LogP contribution is -2.50. The molecule has 0 aliphatic carbocycles. The molecule has 30 heavy (non-hydrogen) atoms. The second kappa shape index (κ2) is 9.40. The molecule has 0 N–H and O–H groups in total. The first-order valence-electron chi connectivity index (χ1n) is 9.82. The van der Waals surface area contributed by atoms with E-state index < -0.39 is 0 Å². The second-order valence-electron chi connectivity index (χ2n) is 7.29. The van der Waals surface area contributed by atoms with Crippen LogP contribution in [0.25, 0.3) is 0 Å². The van der Waals surface area contributed by atoms with E-state index in [9.17, 15) is 4.79 Å². The Morgan fingerprint density at radius 3 is 1.87 bits per heavy atom. The molecule has 1 unspecified atom stereocenters. The Morgan fingerprint density at radius 1 is 0.700 bits per heavy atom. The lowest BCUT2D eigenvalue weighted by atomic mass is 9.96. The Labute approximate surface area is 191 Å². The zero-order chi connectivity index (χ0) is 21.1. The molecule has 3 aromatic carbocycles. The zero-order valence-electron chi connectivity index (χ0n) is 16.3. The van der Waals surface area contributed by atoms with Gasteiger partial charge in [-0.2, -0.15) is 0 Å². The number of benzene rings is 3. The molecule has 1 aliphatic heterocycles. The molecule has 0 bridgehead atoms. The van der Waals surface area contributed by atoms with Crippen LogP contribution >= 0.6 is 34.8 Å². The van der Waals surface area contributed by atoms with Gasteiger partial charge in [0.1, 0.15) is 0 Å². The quantitative estimate of drug-likeness (QED) is 0.464. The van der Waals surface area contributed by atoms with Gasteiger partial charge in [0.15, 0.2) is 0 Å². The average Bonchev–Trinajstić information content (AvgIpc) is 2.76. The monoisotopic (exact) mass is 458 g/mol. The van der Waals surface area contributed by atoms with Gasteiger partial charge < -0.3 is 4.90 Å². The van der Waals surface area contributed by atoms with Crippen LogP contribution in [0.15, 0.2) is 72.8 Å². The van der Waals surface area contributed by atoms with Gasteiger partial charge in [-0.3, -0.25) is 9.69 Å². The maximum absolute atomic E-state index is 13.0. The number of piperazine rings is 1. The standard InChI is InChI=1S/C24H21Cl3N2O/c25-19-11-9-18(10-12-19)23(17-5-2-1-3-6-17)28-13-15-29(16-14-28)24(30)22-20(26)7-4-8-21(22)27/h1-12,23H,13-16H2. The Kier molecular flexibility index (Phi) is 6.64. The van der Waals surface area contributed by atoms with E-state index in [0.29, 0.717) is 28.7 Å². The van der Waals surface area contributed by atoms with Gasteiger partial charge in [-0.15, -0.1) is 0 Å². The van der Waals surface area contributed by atoms with Crippen LogP contribution in [-0.2, 0) is 0 Å². The fourth-order valence-electron chi connectivity index (χ4n) is 3.94. The summed E-state index contributed by atoms with van der Waals surface area (Å²) in [5.41, 5.74) is 2.78. The molecule has 0 aromatic heterocycles. The van der Waals surface area contributed by atoms with E-state index in [1.165, 1.54) is 11.1 Å². The summed E-state index contributed by atoms with van der Waals surface area (Å²) in [6.07, 6.45) is 0. The van der Waals surface area contributed by atoms with Crippen LogP contribution in [0.3, 0.4) is 0 Å². The summed E-state index contributed by atoms with van der Waals surface area (Å²) in [6, 6.07) is 23.6. The summed E-state index contributed by atoms with van der Waals surface area (Å²) in [4.78, 5) is 17.2. The largest absolute Gasteiger partial charge is 0.336 e. The smallest absolute Gasteiger partial charge is 0.256 e. The van der Waals surface area contributed by atoms with Gasteiger partial charge in [0.2, 0.25) is 0 Å². The molecule has 1 amide bonds. The highest BCUT2D eigenvalue weighted by Crippen LogP contribution is 2.31. The van der Waals surface area contributed by atoms with Crippen molar-refractivity contribution in [2.75, 3.05) is 26.2 Å². The van der Waals surface area contributed by atoms with Crippen molar-refractivity contribution in [3.05, 3.63) is 105 Å². The molecule has 1 saturated heterocycles. The number of amides is 1. The summed E-state index contributed by atoms with van der Waals surface area (Å²) in [7, 11) is 0. The Hall–Kier alpha value is -2.04. The topological polar surface area (TPSA) is 23.6 Å². The molecule has 154 valence electrons. The normalized spacial score (nSPS) is 15.8. The van der Waals surface area contributed by atoms with Crippen LogP contribution in [-0.4, -0.2) is 41.9 Å². The van der Waals surface area contributed by atoms with Gasteiger partial charge in [0.25, 0.3) is 5.91 Å². The van der Waals surface area contributed by atoms with Crippen molar-refractivity contribution in [3.8, 4) is 0 Å². The minimum Gasteiger partial charge on any atom is -0.336 e. The van der Waals surface area contributed by atoms with E-state index >= 15 is 0 Å². The van der Waals surface area contributed by atoms with Crippen molar-refractivity contribution < 1.29 is 4.79 Å². The summed E-state index contributed by atoms with van der Waals surface area (Å²) in [5.74, 6) is -0.118. The predicted octanol–water partition coefficient (Wildman–Crippen LogP) is 6.19. The van der Waals surface area contributed by atoms with E-state index in [0.717, 1.165) is 18.1 Å². The van der Waals surface area contributed by atoms with Gasteiger partial charge in [0, 0.05) is 31.2 Å². The Morgan fingerprint density at radius 2 is 1.27 bits per heavy atom. The van der Waals surface area contributed by atoms with E-state index in [4.69, 9.17) is 34.8 Å². The van der Waals surface area contributed by atoms with Gasteiger partial charge in [-0.25, -0.2) is 0 Å². The number of hydrogen-bond acceptors (Lipinski definition) is 2. The maximum atomic E-state index is 13.0. The Balaban J connectivity index is 1.54. The highest BCUT2D eigenvalue weighted by atomic mass is 35.5. The molecule has 3 aromatic rings. The van der Waals surface area contributed by atoms with Crippen LogP contribution in [0.5, 0.6) is 0 Å². The van der Waals surface area contributed by atoms with Crippen molar-refractivity contribution in [3.63, 3.8) is 0 Å². The van der Waals surface area contributed by atoms with Crippen LogP contribution < -0.4 is 0 Å². The predicted molar refractivity (Wildman–Crippen MR) is 124 cm³/mol. The fourth-order valence-corrected chi connectivity index (χ4v) is 4.62. The fraction of sp³-hybridized carbons (Fsp3) is 0.208. The van der Waals surface area contributed by atoms with E-state index in [1.54, 1.807) is 18.2 Å². The van der Waals surface area contributed by atoms with Crippen LogP contribution in [0, 0.1) is 0 Å². The van der Waals surface area contributed by atoms with Crippen molar-refractivity contribution in [1.29, 1.82) is 0 Å². The van der Waals surface area contributed by atoms with Crippen LogP contribution in [0.2, 0.25) is 15.1 Å². The number of halogens is 3. The molecule has 1 fully saturated rings. The molecule has 6 heteroatoms. The van der Waals surface area contributed by atoms with Crippen molar-refractivity contribution >= 4 is 40.7 Å². The zero-order valence-corrected chi connectivity index (χ0v) is 18.5. The van der Waals surface area contributed by atoms with Crippen LogP contribution in [0.4, 0.5) is 0 Å². The lowest BCUT2D eigenvalue weighted by molar-refractivity contribution is 0.0597. The minimum absolute atomic E-state index is 0.101. The maximum Gasteiger partial charge on any atom is 0.256 e. The highest BCUT2D eigenvalue weighted by molar-refractivity contribution is 6.39. The lowest BCUT2D eigenvalue weighted by Gasteiger charge is -2.40. The molecule has 0 saturated carbocycles. The first kappa shape index (κ1) is 21.2. The number of nitrogens with zero attached hydrogens (tertiary/aromatic N) is 2. The molecular formula is C24H21Cl3N2O. The summed E-state index contributed by atoms with van der Waals surface area (Å²) >= 11 is 18.6. The molecule has 1 atom stereocenters. The highest BCUT2D eigenvalue weighted by Gasteiger charge is 2.29. The number of carbonyl (C=O) groups excluding carboxylic acids is 1. The minimum atomic E-state index is -0.118. The third kappa shape index (κ3) is 4.50. The van der Waals surface area contributed by atoms with Crippen molar-refractivity contribution in [2.24, 2.45) is 0 Å². The molecule has 3 nitrogen and oxygen atoms in total. The van der Waals surface area contributed by atoms with E-state index in [1.807, 2.05) is 23.1 Å². The first-order chi connectivity index (χ1) is 14.5. The Bertz CT molecular complexity index is 996. The second-order valence-corrected chi connectivity index (χ2v) is 8.54. The molecule has 0 spiro atoms. The molecule has 0 radical (unpaired) electrons. The van der Waals surface area contributed by atoms with Gasteiger partial charge >= 0.3 is 0 Å². The van der Waals surface area contributed by atoms with Gasteiger partial charge in [-0.1, -0.05) is 83.3 Å².